The number of carbonyl (C=O) groups excluding carboxylic acids is 1. The third kappa shape index (κ3) is 4.34. The van der Waals surface area contributed by atoms with Crippen molar-refractivity contribution in [2.75, 3.05) is 6.61 Å². The van der Waals surface area contributed by atoms with Crippen molar-refractivity contribution in [2.24, 2.45) is 0 Å². The maximum Gasteiger partial charge on any atom is 0.200 e. The molecular weight excluding hydrogens is 404 g/mol. The van der Waals surface area contributed by atoms with Crippen molar-refractivity contribution < 1.29 is 14.3 Å². The molecule has 0 radical (unpaired) electrons. The fourth-order valence-corrected chi connectivity index (χ4v) is 4.42. The van der Waals surface area contributed by atoms with Crippen LogP contribution in [-0.2, 0) is 6.61 Å². The Kier molecular flexibility index (Phi) is 5.93. The summed E-state index contributed by atoms with van der Waals surface area (Å²) >= 11 is 7.99. The summed E-state index contributed by atoms with van der Waals surface area (Å²) in [6.45, 7) is 2.79. The highest BCUT2D eigenvalue weighted by atomic mass is 35.5. The Morgan fingerprint density at radius 2 is 1.76 bits per heavy atom. The van der Waals surface area contributed by atoms with Crippen LogP contribution in [0.2, 0.25) is 5.02 Å². The van der Waals surface area contributed by atoms with E-state index in [-0.39, 0.29) is 5.78 Å². The van der Waals surface area contributed by atoms with Gasteiger partial charge < -0.3 is 9.47 Å². The van der Waals surface area contributed by atoms with Gasteiger partial charge in [-0.15, -0.1) is 0 Å². The molecule has 0 atom stereocenters. The lowest BCUT2D eigenvalue weighted by Gasteiger charge is -2.14. The van der Waals surface area contributed by atoms with Crippen LogP contribution in [0.1, 0.15) is 28.4 Å². The van der Waals surface area contributed by atoms with Gasteiger partial charge in [0.15, 0.2) is 11.5 Å². The highest BCUT2D eigenvalue weighted by Crippen LogP contribution is 2.42. The summed E-state index contributed by atoms with van der Waals surface area (Å²) in [4.78, 5) is 14.3. The Morgan fingerprint density at radius 1 is 1.00 bits per heavy atom. The summed E-state index contributed by atoms with van der Waals surface area (Å²) in [5, 5.41) is 0.451. The van der Waals surface area contributed by atoms with Crippen molar-refractivity contribution in [3.63, 3.8) is 0 Å². The van der Waals surface area contributed by atoms with Gasteiger partial charge in [-0.05, 0) is 48.4 Å². The van der Waals surface area contributed by atoms with E-state index >= 15 is 0 Å². The number of fused-ring (bicyclic) bond motifs is 1. The summed E-state index contributed by atoms with van der Waals surface area (Å²) < 4.78 is 11.7. The lowest BCUT2D eigenvalue weighted by atomic mass is 10.1. The van der Waals surface area contributed by atoms with Gasteiger partial charge >= 0.3 is 0 Å². The van der Waals surface area contributed by atoms with Crippen LogP contribution >= 0.6 is 23.4 Å². The molecule has 0 amide bonds. The fraction of sp³-hybridized carbons (Fsp3) is 0.125. The molecule has 0 saturated heterocycles. The minimum Gasteiger partial charge on any atom is -0.490 e. The number of thioether (sulfide) groups is 1. The third-order valence-electron chi connectivity index (χ3n) is 4.43. The molecule has 146 valence electrons. The summed E-state index contributed by atoms with van der Waals surface area (Å²) in [5.74, 6) is 1.10. The Bertz CT molecular complexity index is 1080. The Labute approximate surface area is 179 Å². The van der Waals surface area contributed by atoms with Gasteiger partial charge in [0.2, 0.25) is 5.78 Å². The van der Waals surface area contributed by atoms with Crippen molar-refractivity contribution in [3.05, 3.63) is 93.3 Å². The zero-order chi connectivity index (χ0) is 20.2. The smallest absolute Gasteiger partial charge is 0.200 e. The van der Waals surface area contributed by atoms with Crippen molar-refractivity contribution in [1.29, 1.82) is 0 Å². The van der Waals surface area contributed by atoms with E-state index in [1.807, 2.05) is 73.7 Å². The quantitative estimate of drug-likeness (QED) is 0.417. The molecule has 0 aliphatic carbocycles. The molecule has 29 heavy (non-hydrogen) atoms. The van der Waals surface area contributed by atoms with E-state index in [1.165, 1.54) is 11.8 Å². The van der Waals surface area contributed by atoms with Crippen molar-refractivity contribution >= 4 is 35.2 Å². The van der Waals surface area contributed by atoms with E-state index < -0.39 is 0 Å². The first-order valence-corrected chi connectivity index (χ1v) is 10.5. The summed E-state index contributed by atoms with van der Waals surface area (Å²) in [6.07, 6.45) is 1.85. The first kappa shape index (κ1) is 19.6. The maximum atomic E-state index is 12.6. The number of hydrogen-bond acceptors (Lipinski definition) is 4. The Morgan fingerprint density at radius 3 is 2.52 bits per heavy atom. The van der Waals surface area contributed by atoms with Gasteiger partial charge in [-0.25, -0.2) is 0 Å². The molecule has 0 spiro atoms. The molecule has 3 aromatic carbocycles. The molecule has 1 heterocycles. The van der Waals surface area contributed by atoms with Gasteiger partial charge in [-0.2, -0.15) is 0 Å². The van der Waals surface area contributed by atoms with E-state index in [0.717, 1.165) is 21.6 Å². The number of Topliss-reactive ketones (excluding diaryl/α,β-unsaturated/α-hetero) is 1. The number of ether oxygens (including phenoxy) is 2. The monoisotopic (exact) mass is 422 g/mol. The van der Waals surface area contributed by atoms with Crippen LogP contribution in [-0.4, -0.2) is 12.4 Å². The number of hydrogen-bond donors (Lipinski definition) is 0. The minimum atomic E-state index is 0.0316. The van der Waals surface area contributed by atoms with E-state index in [9.17, 15) is 4.79 Å². The van der Waals surface area contributed by atoms with Gasteiger partial charge in [0.25, 0.3) is 0 Å². The molecule has 4 rings (SSSR count). The van der Waals surface area contributed by atoms with E-state index in [0.29, 0.717) is 34.6 Å². The Hall–Kier alpha value is -2.69. The van der Waals surface area contributed by atoms with Crippen LogP contribution in [0, 0.1) is 0 Å². The topological polar surface area (TPSA) is 35.5 Å². The average Bonchev–Trinajstić information content (AvgIpc) is 3.04. The average molecular weight is 423 g/mol. The van der Waals surface area contributed by atoms with Crippen LogP contribution in [0.4, 0.5) is 0 Å². The highest BCUT2D eigenvalue weighted by Gasteiger charge is 2.25. The second kappa shape index (κ2) is 8.76. The standard InChI is InChI=1S/C24H19ClO3S/c1-2-27-20-13-17(14-22-23(26)18-10-6-7-11-21(18)29-22)12-19(25)24(20)28-15-16-8-4-3-5-9-16/h3-14H,2,15H2,1H3/b22-14+. The minimum absolute atomic E-state index is 0.0316. The second-order valence-electron chi connectivity index (χ2n) is 6.47. The molecule has 1 aliphatic heterocycles. The summed E-state index contributed by atoms with van der Waals surface area (Å²) in [5.41, 5.74) is 2.58. The maximum absolute atomic E-state index is 12.6. The number of rotatable bonds is 6. The third-order valence-corrected chi connectivity index (χ3v) is 5.81. The zero-order valence-corrected chi connectivity index (χ0v) is 17.4. The molecule has 3 nitrogen and oxygen atoms in total. The van der Waals surface area contributed by atoms with Crippen LogP contribution < -0.4 is 9.47 Å². The van der Waals surface area contributed by atoms with Crippen LogP contribution in [0.3, 0.4) is 0 Å². The van der Waals surface area contributed by atoms with Gasteiger partial charge in [0, 0.05) is 10.5 Å². The molecule has 0 bridgehead atoms. The molecule has 0 saturated carbocycles. The number of halogens is 1. The van der Waals surface area contributed by atoms with E-state index in [1.54, 1.807) is 6.07 Å². The molecule has 5 heteroatoms. The van der Waals surface area contributed by atoms with E-state index in [4.69, 9.17) is 21.1 Å². The first-order chi connectivity index (χ1) is 14.2. The number of benzene rings is 3. The van der Waals surface area contributed by atoms with Crippen LogP contribution in [0.25, 0.3) is 6.08 Å². The molecular formula is C24H19ClO3S. The number of ketones is 1. The molecule has 3 aromatic rings. The predicted molar refractivity (Wildman–Crippen MR) is 118 cm³/mol. The predicted octanol–water partition coefficient (Wildman–Crippen LogP) is 6.65. The normalized spacial score (nSPS) is 14.1. The van der Waals surface area contributed by atoms with Crippen molar-refractivity contribution in [3.8, 4) is 11.5 Å². The molecule has 0 unspecified atom stereocenters. The van der Waals surface area contributed by atoms with Gasteiger partial charge in [0.05, 0.1) is 16.5 Å². The molecule has 0 aromatic heterocycles. The Balaban J connectivity index is 1.62. The largest absolute Gasteiger partial charge is 0.490 e. The number of allylic oxidation sites excluding steroid dienone is 1. The molecule has 0 fully saturated rings. The van der Waals surface area contributed by atoms with E-state index in [2.05, 4.69) is 0 Å². The zero-order valence-electron chi connectivity index (χ0n) is 15.9. The SMILES string of the molecule is CCOc1cc(/C=C2/Sc3ccccc3C2=O)cc(Cl)c1OCc1ccccc1. The van der Waals surface area contributed by atoms with Gasteiger partial charge in [0.1, 0.15) is 6.61 Å². The molecule has 1 aliphatic rings. The second-order valence-corrected chi connectivity index (χ2v) is 7.96. The highest BCUT2D eigenvalue weighted by molar-refractivity contribution is 8.04. The van der Waals surface area contributed by atoms with Crippen molar-refractivity contribution in [2.45, 2.75) is 18.4 Å². The molecule has 0 N–H and O–H groups in total. The van der Waals surface area contributed by atoms with Crippen LogP contribution in [0.5, 0.6) is 11.5 Å². The van der Waals surface area contributed by atoms with Gasteiger partial charge in [-0.3, -0.25) is 4.79 Å². The lowest BCUT2D eigenvalue weighted by molar-refractivity contribution is 0.104. The van der Waals surface area contributed by atoms with Crippen molar-refractivity contribution in [1.82, 2.24) is 0 Å². The summed E-state index contributed by atoms with van der Waals surface area (Å²) in [7, 11) is 0. The lowest BCUT2D eigenvalue weighted by Crippen LogP contribution is -2.01. The van der Waals surface area contributed by atoms with Crippen LogP contribution in [0.15, 0.2) is 76.5 Å². The fourth-order valence-electron chi connectivity index (χ4n) is 3.09. The first-order valence-electron chi connectivity index (χ1n) is 9.32. The number of carbonyl (C=O) groups is 1. The van der Waals surface area contributed by atoms with Gasteiger partial charge in [-0.1, -0.05) is 65.8 Å². The summed E-state index contributed by atoms with van der Waals surface area (Å²) in [6, 6.07) is 21.2.